The molecule has 1 heterocycles. The molecule has 0 unspecified atom stereocenters. The number of rotatable bonds is 3. The molecule has 0 bridgehead atoms. The van der Waals surface area contributed by atoms with Crippen molar-refractivity contribution in [1.82, 2.24) is 9.78 Å². The van der Waals surface area contributed by atoms with Crippen LogP contribution in [0.5, 0.6) is 0 Å². The second-order valence-electron chi connectivity index (χ2n) is 6.25. The van der Waals surface area contributed by atoms with Crippen LogP contribution in [0.1, 0.15) is 33.3 Å². The molecule has 100 valence electrons. The Morgan fingerprint density at radius 2 is 2.00 bits per heavy atom. The van der Waals surface area contributed by atoms with Crippen molar-refractivity contribution in [3.63, 3.8) is 0 Å². The van der Waals surface area contributed by atoms with Crippen molar-refractivity contribution in [2.75, 3.05) is 5.32 Å². The molecule has 18 heavy (non-hydrogen) atoms. The third-order valence-electron chi connectivity index (χ3n) is 4.65. The summed E-state index contributed by atoms with van der Waals surface area (Å²) < 4.78 is 1.67. The van der Waals surface area contributed by atoms with Crippen LogP contribution in [0.25, 0.3) is 0 Å². The summed E-state index contributed by atoms with van der Waals surface area (Å²) in [6, 6.07) is 0. The summed E-state index contributed by atoms with van der Waals surface area (Å²) in [4.78, 5) is 12.3. The van der Waals surface area contributed by atoms with Gasteiger partial charge in [-0.15, -0.1) is 0 Å². The molecule has 5 nitrogen and oxygen atoms in total. The van der Waals surface area contributed by atoms with E-state index in [0.717, 1.165) is 5.56 Å². The van der Waals surface area contributed by atoms with Crippen LogP contribution < -0.4 is 11.1 Å². The van der Waals surface area contributed by atoms with E-state index in [1.54, 1.807) is 4.68 Å². The van der Waals surface area contributed by atoms with Gasteiger partial charge in [-0.3, -0.25) is 9.48 Å². The van der Waals surface area contributed by atoms with Crippen LogP contribution in [-0.2, 0) is 18.4 Å². The highest BCUT2D eigenvalue weighted by Gasteiger charge is 2.68. The van der Waals surface area contributed by atoms with Crippen molar-refractivity contribution in [2.45, 2.75) is 34.2 Å². The van der Waals surface area contributed by atoms with Crippen LogP contribution in [0.2, 0.25) is 0 Å². The molecule has 0 atom stereocenters. The van der Waals surface area contributed by atoms with E-state index in [-0.39, 0.29) is 22.7 Å². The Hall–Kier alpha value is -1.36. The quantitative estimate of drug-likeness (QED) is 0.853. The fourth-order valence-electron chi connectivity index (χ4n) is 2.83. The maximum Gasteiger partial charge on any atom is 0.229 e. The monoisotopic (exact) mass is 250 g/mol. The molecule has 1 aliphatic rings. The average molecular weight is 250 g/mol. The SMILES string of the molecule is Cn1cc(CN)c(NC(=O)C2C(C)(C)C2(C)C)n1. The topological polar surface area (TPSA) is 72.9 Å². The van der Waals surface area contributed by atoms with E-state index in [0.29, 0.717) is 12.4 Å². The number of amides is 1. The molecular weight excluding hydrogens is 228 g/mol. The lowest BCUT2D eigenvalue weighted by Crippen LogP contribution is -2.19. The molecule has 0 aliphatic heterocycles. The smallest absolute Gasteiger partial charge is 0.229 e. The van der Waals surface area contributed by atoms with Gasteiger partial charge in [-0.1, -0.05) is 27.7 Å². The van der Waals surface area contributed by atoms with Gasteiger partial charge in [0.1, 0.15) is 0 Å². The second kappa shape index (κ2) is 3.82. The van der Waals surface area contributed by atoms with E-state index in [1.165, 1.54) is 0 Å². The van der Waals surface area contributed by atoms with E-state index in [9.17, 15) is 4.79 Å². The van der Waals surface area contributed by atoms with Gasteiger partial charge >= 0.3 is 0 Å². The molecule has 3 N–H and O–H groups in total. The zero-order valence-electron chi connectivity index (χ0n) is 11.7. The number of carbonyl (C=O) groups excluding carboxylic acids is 1. The minimum Gasteiger partial charge on any atom is -0.326 e. The molecule has 5 heteroatoms. The molecule has 2 rings (SSSR count). The number of nitrogens with zero attached hydrogens (tertiary/aromatic N) is 2. The minimum atomic E-state index is 0.0256. The lowest BCUT2D eigenvalue weighted by molar-refractivity contribution is -0.118. The predicted octanol–water partition coefficient (Wildman–Crippen LogP) is 1.50. The number of nitrogens with one attached hydrogen (secondary N) is 1. The molecule has 1 aromatic rings. The maximum atomic E-state index is 12.3. The van der Waals surface area contributed by atoms with Crippen LogP contribution >= 0.6 is 0 Å². The fraction of sp³-hybridized carbons (Fsp3) is 0.692. The van der Waals surface area contributed by atoms with E-state index in [2.05, 4.69) is 38.1 Å². The highest BCUT2D eigenvalue weighted by atomic mass is 16.2. The first kappa shape index (κ1) is 13.1. The summed E-state index contributed by atoms with van der Waals surface area (Å²) in [5, 5.41) is 7.14. The lowest BCUT2D eigenvalue weighted by Gasteiger charge is -2.05. The molecule has 0 saturated heterocycles. The Kier molecular flexibility index (Phi) is 2.77. The van der Waals surface area contributed by atoms with Crippen molar-refractivity contribution in [3.8, 4) is 0 Å². The Bertz CT molecular complexity index is 473. The van der Waals surface area contributed by atoms with Gasteiger partial charge in [0.15, 0.2) is 5.82 Å². The first-order valence-corrected chi connectivity index (χ1v) is 6.25. The molecule has 1 fully saturated rings. The summed E-state index contributed by atoms with van der Waals surface area (Å²) in [5.41, 5.74) is 6.57. The normalized spacial score (nSPS) is 20.8. The molecular formula is C13H22N4O. The van der Waals surface area contributed by atoms with Crippen LogP contribution in [0.4, 0.5) is 5.82 Å². The van der Waals surface area contributed by atoms with Gasteiger partial charge in [0.05, 0.1) is 0 Å². The van der Waals surface area contributed by atoms with Crippen LogP contribution in [0, 0.1) is 16.7 Å². The largest absolute Gasteiger partial charge is 0.326 e. The van der Waals surface area contributed by atoms with Crippen LogP contribution in [0.3, 0.4) is 0 Å². The van der Waals surface area contributed by atoms with Gasteiger partial charge < -0.3 is 11.1 Å². The van der Waals surface area contributed by atoms with Gasteiger partial charge in [0.25, 0.3) is 0 Å². The van der Waals surface area contributed by atoms with Gasteiger partial charge in [-0.05, 0) is 10.8 Å². The van der Waals surface area contributed by atoms with Gasteiger partial charge in [-0.25, -0.2) is 0 Å². The van der Waals surface area contributed by atoms with E-state index in [4.69, 9.17) is 5.73 Å². The first-order chi connectivity index (χ1) is 8.21. The van der Waals surface area contributed by atoms with E-state index >= 15 is 0 Å². The number of hydrogen-bond acceptors (Lipinski definition) is 3. The van der Waals surface area contributed by atoms with E-state index in [1.807, 2.05) is 13.2 Å². The third-order valence-corrected chi connectivity index (χ3v) is 4.65. The summed E-state index contributed by atoms with van der Waals surface area (Å²) in [6.07, 6.45) is 1.83. The maximum absolute atomic E-state index is 12.3. The fourth-order valence-corrected chi connectivity index (χ4v) is 2.83. The van der Waals surface area contributed by atoms with Crippen molar-refractivity contribution >= 4 is 11.7 Å². The molecule has 1 amide bonds. The number of carbonyl (C=O) groups is 1. The summed E-state index contributed by atoms with van der Waals surface area (Å²) in [5.74, 6) is 0.652. The zero-order valence-corrected chi connectivity index (χ0v) is 11.7. The number of aromatic nitrogens is 2. The predicted molar refractivity (Wildman–Crippen MR) is 70.8 cm³/mol. The van der Waals surface area contributed by atoms with Gasteiger partial charge in [0.2, 0.25) is 5.91 Å². The summed E-state index contributed by atoms with van der Waals surface area (Å²) in [7, 11) is 1.82. The highest BCUT2D eigenvalue weighted by Crippen LogP contribution is 2.68. The number of nitrogens with two attached hydrogens (primary N) is 1. The van der Waals surface area contributed by atoms with Crippen LogP contribution in [-0.4, -0.2) is 15.7 Å². The summed E-state index contributed by atoms with van der Waals surface area (Å²) in [6.45, 7) is 8.87. The highest BCUT2D eigenvalue weighted by molar-refractivity contribution is 5.95. The van der Waals surface area contributed by atoms with Gasteiger partial charge in [0, 0.05) is 31.3 Å². The molecule has 1 aliphatic carbocycles. The Balaban J connectivity index is 2.14. The Morgan fingerprint density at radius 3 is 2.44 bits per heavy atom. The molecule has 0 aromatic carbocycles. The first-order valence-electron chi connectivity index (χ1n) is 6.25. The number of anilines is 1. The molecule has 1 aromatic heterocycles. The van der Waals surface area contributed by atoms with Crippen molar-refractivity contribution in [3.05, 3.63) is 11.8 Å². The van der Waals surface area contributed by atoms with E-state index < -0.39 is 0 Å². The van der Waals surface area contributed by atoms with Crippen molar-refractivity contribution in [2.24, 2.45) is 29.5 Å². The standard InChI is InChI=1S/C13H22N4O/c1-12(2)9(13(12,3)4)11(18)15-10-8(6-14)7-17(5)16-10/h7,9H,6,14H2,1-5H3,(H,15,16,18). The Morgan fingerprint density at radius 1 is 1.44 bits per heavy atom. The van der Waals surface area contributed by atoms with Crippen molar-refractivity contribution < 1.29 is 4.79 Å². The Labute approximate surface area is 108 Å². The molecule has 1 saturated carbocycles. The lowest BCUT2D eigenvalue weighted by atomic mass is 10.0. The van der Waals surface area contributed by atoms with Crippen molar-refractivity contribution in [1.29, 1.82) is 0 Å². The molecule has 0 radical (unpaired) electrons. The zero-order chi connectivity index (χ0) is 13.7. The second-order valence-corrected chi connectivity index (χ2v) is 6.25. The number of hydrogen-bond donors (Lipinski definition) is 2. The third kappa shape index (κ3) is 1.73. The summed E-state index contributed by atoms with van der Waals surface area (Å²) >= 11 is 0. The minimum absolute atomic E-state index is 0.0256. The van der Waals surface area contributed by atoms with Gasteiger partial charge in [-0.2, -0.15) is 5.10 Å². The number of aryl methyl sites for hydroxylation is 1. The van der Waals surface area contributed by atoms with Crippen LogP contribution in [0.15, 0.2) is 6.20 Å². The molecule has 0 spiro atoms. The average Bonchev–Trinajstić information content (AvgIpc) is 2.54.